The van der Waals surface area contributed by atoms with Gasteiger partial charge in [-0.1, -0.05) is 13.0 Å². The van der Waals surface area contributed by atoms with Gasteiger partial charge in [0.15, 0.2) is 5.88 Å². The summed E-state index contributed by atoms with van der Waals surface area (Å²) in [6.07, 6.45) is 3.40. The Balaban J connectivity index is 2.23. The Hall–Kier alpha value is -1.22. The first-order valence-corrected chi connectivity index (χ1v) is 5.60. The summed E-state index contributed by atoms with van der Waals surface area (Å²) in [7, 11) is 0. The monoisotopic (exact) mass is 204 g/mol. The zero-order valence-electron chi connectivity index (χ0n) is 8.95. The molecule has 2 heterocycles. The molecule has 1 aliphatic heterocycles. The number of nitrogens with zero attached hydrogens (tertiary/aromatic N) is 1. The van der Waals surface area contributed by atoms with Gasteiger partial charge in [-0.3, -0.25) is 0 Å². The quantitative estimate of drug-likeness (QED) is 0.674. The maximum Gasteiger partial charge on any atom is 0.191 e. The van der Waals surface area contributed by atoms with Crippen LogP contribution in [-0.4, -0.2) is 22.8 Å². The molecular weight excluding hydrogens is 188 g/mol. The Labute approximate surface area is 89.4 Å². The van der Waals surface area contributed by atoms with Gasteiger partial charge in [0.2, 0.25) is 0 Å². The van der Waals surface area contributed by atoms with Crippen LogP contribution in [0.25, 0.3) is 5.57 Å². The Bertz CT molecular complexity index is 431. The average Bonchev–Trinajstić information content (AvgIpc) is 2.45. The summed E-state index contributed by atoms with van der Waals surface area (Å²) >= 11 is 0. The van der Waals surface area contributed by atoms with E-state index in [0.717, 1.165) is 26.1 Å². The van der Waals surface area contributed by atoms with Crippen molar-refractivity contribution in [3.63, 3.8) is 0 Å². The van der Waals surface area contributed by atoms with Crippen molar-refractivity contribution in [2.75, 3.05) is 13.1 Å². The lowest BCUT2D eigenvalue weighted by atomic mass is 9.89. The highest BCUT2D eigenvalue weighted by molar-refractivity contribution is 5.71. The van der Waals surface area contributed by atoms with Crippen LogP contribution < -0.4 is 5.32 Å². The van der Waals surface area contributed by atoms with Crippen molar-refractivity contribution in [2.45, 2.75) is 25.8 Å². The Kier molecular flexibility index (Phi) is 1.89. The minimum absolute atomic E-state index is 0.420. The van der Waals surface area contributed by atoms with E-state index < -0.39 is 0 Å². The minimum Gasteiger partial charge on any atom is -0.494 e. The number of nitrogens with one attached hydrogen (secondary N) is 1. The fourth-order valence-electron chi connectivity index (χ4n) is 2.63. The third-order valence-corrected chi connectivity index (χ3v) is 3.49. The molecule has 1 aliphatic carbocycles. The SMILES string of the molecule is CC1CC=C2CNCCn3c(O)cc1c32. The second kappa shape index (κ2) is 3.14. The van der Waals surface area contributed by atoms with E-state index in [0.29, 0.717) is 11.8 Å². The zero-order chi connectivity index (χ0) is 10.4. The molecular formula is C12H16N2O. The van der Waals surface area contributed by atoms with E-state index in [9.17, 15) is 5.11 Å². The largest absolute Gasteiger partial charge is 0.494 e. The molecule has 0 bridgehead atoms. The Morgan fingerprint density at radius 2 is 2.40 bits per heavy atom. The molecule has 3 rings (SSSR count). The molecule has 0 fully saturated rings. The van der Waals surface area contributed by atoms with E-state index in [1.807, 2.05) is 10.6 Å². The van der Waals surface area contributed by atoms with E-state index in [2.05, 4.69) is 18.3 Å². The van der Waals surface area contributed by atoms with Gasteiger partial charge in [0.25, 0.3) is 0 Å². The van der Waals surface area contributed by atoms with Crippen molar-refractivity contribution < 1.29 is 5.11 Å². The molecule has 1 unspecified atom stereocenters. The van der Waals surface area contributed by atoms with Gasteiger partial charge in [-0.25, -0.2) is 0 Å². The van der Waals surface area contributed by atoms with Gasteiger partial charge in [-0.15, -0.1) is 0 Å². The van der Waals surface area contributed by atoms with Crippen LogP contribution in [0.4, 0.5) is 0 Å². The van der Waals surface area contributed by atoms with Gasteiger partial charge < -0.3 is 15.0 Å². The lowest BCUT2D eigenvalue weighted by Crippen LogP contribution is -2.17. The van der Waals surface area contributed by atoms with Crippen LogP contribution in [0.5, 0.6) is 5.88 Å². The highest BCUT2D eigenvalue weighted by Gasteiger charge is 2.25. The van der Waals surface area contributed by atoms with Crippen LogP contribution in [0, 0.1) is 0 Å². The molecule has 1 aromatic rings. The Morgan fingerprint density at radius 3 is 3.27 bits per heavy atom. The van der Waals surface area contributed by atoms with Crippen molar-refractivity contribution in [1.29, 1.82) is 0 Å². The number of hydrogen-bond donors (Lipinski definition) is 2. The lowest BCUT2D eigenvalue weighted by Gasteiger charge is -2.19. The summed E-state index contributed by atoms with van der Waals surface area (Å²) in [5, 5.41) is 13.3. The maximum absolute atomic E-state index is 9.90. The molecule has 0 saturated heterocycles. The van der Waals surface area contributed by atoms with Gasteiger partial charge in [0.1, 0.15) is 0 Å². The summed E-state index contributed by atoms with van der Waals surface area (Å²) < 4.78 is 2.04. The number of allylic oxidation sites excluding steroid dienone is 1. The Morgan fingerprint density at radius 1 is 1.53 bits per heavy atom. The summed E-state index contributed by atoms with van der Waals surface area (Å²) in [5.74, 6) is 0.956. The van der Waals surface area contributed by atoms with Crippen molar-refractivity contribution in [1.82, 2.24) is 9.88 Å². The van der Waals surface area contributed by atoms with Gasteiger partial charge in [0, 0.05) is 25.7 Å². The predicted molar refractivity (Wildman–Crippen MR) is 60.0 cm³/mol. The standard InChI is InChI=1S/C12H16N2O/c1-8-2-3-9-7-13-4-5-14-11(15)6-10(8)12(9)14/h3,6,8,13,15H,2,4-5,7H2,1H3. The molecule has 0 amide bonds. The van der Waals surface area contributed by atoms with Crippen LogP contribution in [0.2, 0.25) is 0 Å². The molecule has 1 aromatic heterocycles. The topological polar surface area (TPSA) is 37.2 Å². The molecule has 3 nitrogen and oxygen atoms in total. The van der Waals surface area contributed by atoms with Crippen LogP contribution >= 0.6 is 0 Å². The molecule has 0 spiro atoms. The first-order valence-electron chi connectivity index (χ1n) is 5.60. The van der Waals surface area contributed by atoms with Gasteiger partial charge >= 0.3 is 0 Å². The van der Waals surface area contributed by atoms with Gasteiger partial charge in [-0.2, -0.15) is 0 Å². The van der Waals surface area contributed by atoms with E-state index in [4.69, 9.17) is 0 Å². The maximum atomic E-state index is 9.90. The molecule has 15 heavy (non-hydrogen) atoms. The third kappa shape index (κ3) is 1.23. The third-order valence-electron chi connectivity index (χ3n) is 3.49. The number of aromatic nitrogens is 1. The van der Waals surface area contributed by atoms with E-state index >= 15 is 0 Å². The van der Waals surface area contributed by atoms with Crippen molar-refractivity contribution in [2.24, 2.45) is 0 Å². The molecule has 3 heteroatoms. The summed E-state index contributed by atoms with van der Waals surface area (Å²) in [4.78, 5) is 0. The van der Waals surface area contributed by atoms with E-state index in [1.54, 1.807) is 0 Å². The highest BCUT2D eigenvalue weighted by Crippen LogP contribution is 2.38. The van der Waals surface area contributed by atoms with Crippen molar-refractivity contribution in [3.8, 4) is 5.88 Å². The van der Waals surface area contributed by atoms with Crippen LogP contribution in [0.1, 0.15) is 30.5 Å². The fourth-order valence-corrected chi connectivity index (χ4v) is 2.63. The summed E-state index contributed by atoms with van der Waals surface area (Å²) in [5.41, 5.74) is 3.92. The molecule has 0 radical (unpaired) electrons. The van der Waals surface area contributed by atoms with E-state index in [-0.39, 0.29) is 0 Å². The van der Waals surface area contributed by atoms with Gasteiger partial charge in [-0.05, 0) is 23.5 Å². The molecule has 0 saturated carbocycles. The smallest absolute Gasteiger partial charge is 0.191 e. The van der Waals surface area contributed by atoms with Crippen molar-refractivity contribution in [3.05, 3.63) is 23.4 Å². The van der Waals surface area contributed by atoms with Crippen LogP contribution in [0.3, 0.4) is 0 Å². The summed E-state index contributed by atoms with van der Waals surface area (Å²) in [6, 6.07) is 1.94. The first kappa shape index (κ1) is 9.04. The second-order valence-corrected chi connectivity index (χ2v) is 4.50. The second-order valence-electron chi connectivity index (χ2n) is 4.50. The molecule has 1 atom stereocenters. The molecule has 0 aromatic carbocycles. The molecule has 2 N–H and O–H groups in total. The predicted octanol–water partition coefficient (Wildman–Crippen LogP) is 1.69. The normalized spacial score (nSPS) is 24.3. The lowest BCUT2D eigenvalue weighted by molar-refractivity contribution is 0.416. The highest BCUT2D eigenvalue weighted by atomic mass is 16.3. The fraction of sp³-hybridized carbons (Fsp3) is 0.500. The minimum atomic E-state index is 0.420. The number of aromatic hydroxyl groups is 1. The van der Waals surface area contributed by atoms with Crippen molar-refractivity contribution >= 4 is 5.57 Å². The molecule has 2 aliphatic rings. The summed E-state index contributed by atoms with van der Waals surface area (Å²) in [6.45, 7) is 4.95. The number of rotatable bonds is 0. The zero-order valence-corrected chi connectivity index (χ0v) is 8.95. The molecule has 80 valence electrons. The van der Waals surface area contributed by atoms with Crippen LogP contribution in [0.15, 0.2) is 12.1 Å². The van der Waals surface area contributed by atoms with Crippen LogP contribution in [-0.2, 0) is 6.54 Å². The average molecular weight is 204 g/mol. The van der Waals surface area contributed by atoms with Gasteiger partial charge in [0.05, 0.1) is 5.69 Å². The van der Waals surface area contributed by atoms with E-state index in [1.165, 1.54) is 16.8 Å². The number of hydrogen-bond acceptors (Lipinski definition) is 2. The first-order chi connectivity index (χ1) is 7.27.